The lowest BCUT2D eigenvalue weighted by Gasteiger charge is -2.34. The van der Waals surface area contributed by atoms with E-state index in [1.165, 1.54) is 12.8 Å². The van der Waals surface area contributed by atoms with E-state index in [0.717, 1.165) is 18.0 Å². The van der Waals surface area contributed by atoms with Gasteiger partial charge < -0.3 is 19.5 Å². The second-order valence-electron chi connectivity index (χ2n) is 8.10. The molecule has 2 atom stereocenters. The predicted octanol–water partition coefficient (Wildman–Crippen LogP) is 4.32. The van der Waals surface area contributed by atoms with Crippen molar-refractivity contribution in [2.45, 2.75) is 38.3 Å². The van der Waals surface area contributed by atoms with Gasteiger partial charge in [-0.3, -0.25) is 0 Å². The van der Waals surface area contributed by atoms with Gasteiger partial charge in [0.1, 0.15) is 18.6 Å². The SMILES string of the molecule is C[C@H](Nc1nccc(N2COC[C@@]2(C)C2CC2)n1)c1nc(-c2ccc(Cl)cc2)no1. The Morgan fingerprint density at radius 1 is 1.20 bits per heavy atom. The zero-order valence-corrected chi connectivity index (χ0v) is 17.6. The molecule has 1 aliphatic carbocycles. The number of rotatable bonds is 6. The molecule has 30 heavy (non-hydrogen) atoms. The van der Waals surface area contributed by atoms with Crippen molar-refractivity contribution in [2.75, 3.05) is 23.6 Å². The fourth-order valence-electron chi connectivity index (χ4n) is 3.89. The van der Waals surface area contributed by atoms with Gasteiger partial charge in [-0.25, -0.2) is 4.98 Å². The van der Waals surface area contributed by atoms with Crippen LogP contribution in [0.3, 0.4) is 0 Å². The van der Waals surface area contributed by atoms with Crippen LogP contribution < -0.4 is 10.2 Å². The number of halogens is 1. The maximum absolute atomic E-state index is 5.94. The minimum absolute atomic E-state index is 0.00277. The van der Waals surface area contributed by atoms with Crippen molar-refractivity contribution in [2.24, 2.45) is 5.92 Å². The molecule has 3 aromatic rings. The Bertz CT molecular complexity index is 1040. The first-order valence-corrected chi connectivity index (χ1v) is 10.5. The summed E-state index contributed by atoms with van der Waals surface area (Å²) in [6.45, 7) is 5.47. The fraction of sp³-hybridized carbons (Fsp3) is 0.429. The van der Waals surface area contributed by atoms with Crippen molar-refractivity contribution in [3.05, 3.63) is 47.4 Å². The number of ether oxygens (including phenoxy) is 1. The minimum Gasteiger partial charge on any atom is -0.359 e. The molecule has 0 radical (unpaired) electrons. The van der Waals surface area contributed by atoms with Crippen LogP contribution in [0.2, 0.25) is 5.02 Å². The topological polar surface area (TPSA) is 89.2 Å². The van der Waals surface area contributed by atoms with E-state index in [1.807, 2.05) is 25.1 Å². The summed E-state index contributed by atoms with van der Waals surface area (Å²) in [5.41, 5.74) is 0.838. The zero-order valence-electron chi connectivity index (χ0n) is 16.9. The number of nitrogens with zero attached hydrogens (tertiary/aromatic N) is 5. The molecule has 1 N–H and O–H groups in total. The summed E-state index contributed by atoms with van der Waals surface area (Å²) in [6.07, 6.45) is 4.25. The molecule has 0 spiro atoms. The van der Waals surface area contributed by atoms with Crippen LogP contribution in [0.4, 0.5) is 11.8 Å². The monoisotopic (exact) mass is 426 g/mol. The first kappa shape index (κ1) is 19.3. The minimum atomic E-state index is -0.251. The maximum Gasteiger partial charge on any atom is 0.249 e. The highest BCUT2D eigenvalue weighted by molar-refractivity contribution is 6.30. The highest BCUT2D eigenvalue weighted by atomic mass is 35.5. The lowest BCUT2D eigenvalue weighted by atomic mass is 9.96. The molecular formula is C21H23ClN6O2. The molecule has 1 saturated carbocycles. The van der Waals surface area contributed by atoms with Crippen LogP contribution in [0, 0.1) is 5.92 Å². The number of aromatic nitrogens is 4. The summed E-state index contributed by atoms with van der Waals surface area (Å²) >= 11 is 5.94. The van der Waals surface area contributed by atoms with Crippen molar-refractivity contribution >= 4 is 23.4 Å². The lowest BCUT2D eigenvalue weighted by Crippen LogP contribution is -2.45. The molecule has 0 bridgehead atoms. The van der Waals surface area contributed by atoms with Crippen LogP contribution in [-0.2, 0) is 4.74 Å². The van der Waals surface area contributed by atoms with E-state index in [0.29, 0.717) is 35.3 Å². The van der Waals surface area contributed by atoms with Gasteiger partial charge in [0, 0.05) is 16.8 Å². The Labute approximate surface area is 179 Å². The summed E-state index contributed by atoms with van der Waals surface area (Å²) in [5, 5.41) is 7.99. The van der Waals surface area contributed by atoms with Gasteiger partial charge >= 0.3 is 0 Å². The standard InChI is InChI=1S/C21H23ClN6O2/c1-13(19-26-18(27-30-19)14-3-7-16(22)8-4-14)24-20-23-10-9-17(25-20)28-12-29-11-21(28,2)15-5-6-15/h3-4,7-10,13,15H,5-6,11-12H2,1-2H3,(H,23,24,25)/t13-,21-/m0/s1. The van der Waals surface area contributed by atoms with E-state index in [-0.39, 0.29) is 11.6 Å². The second-order valence-corrected chi connectivity index (χ2v) is 8.54. The first-order chi connectivity index (χ1) is 14.5. The summed E-state index contributed by atoms with van der Waals surface area (Å²) in [4.78, 5) is 15.8. The summed E-state index contributed by atoms with van der Waals surface area (Å²) in [6, 6.07) is 8.99. The van der Waals surface area contributed by atoms with Gasteiger partial charge in [0.2, 0.25) is 17.7 Å². The highest BCUT2D eigenvalue weighted by Gasteiger charge is 2.49. The molecule has 0 unspecified atom stereocenters. The molecule has 2 fully saturated rings. The molecule has 1 saturated heterocycles. The number of benzene rings is 1. The van der Waals surface area contributed by atoms with Gasteiger partial charge in [-0.1, -0.05) is 16.8 Å². The van der Waals surface area contributed by atoms with Gasteiger partial charge in [-0.15, -0.1) is 0 Å². The Hall–Kier alpha value is -2.71. The van der Waals surface area contributed by atoms with Crippen molar-refractivity contribution in [1.29, 1.82) is 0 Å². The summed E-state index contributed by atoms with van der Waals surface area (Å²) in [5.74, 6) is 3.01. The van der Waals surface area contributed by atoms with Gasteiger partial charge in [0.15, 0.2) is 0 Å². The van der Waals surface area contributed by atoms with E-state index in [9.17, 15) is 0 Å². The first-order valence-electron chi connectivity index (χ1n) is 10.1. The van der Waals surface area contributed by atoms with E-state index >= 15 is 0 Å². The molecule has 156 valence electrons. The van der Waals surface area contributed by atoms with Crippen LogP contribution in [0.1, 0.15) is 38.6 Å². The summed E-state index contributed by atoms with van der Waals surface area (Å²) < 4.78 is 11.2. The van der Waals surface area contributed by atoms with Gasteiger partial charge in [-0.05, 0) is 62.9 Å². The van der Waals surface area contributed by atoms with Crippen molar-refractivity contribution in [3.63, 3.8) is 0 Å². The quantitative estimate of drug-likeness (QED) is 0.623. The summed E-state index contributed by atoms with van der Waals surface area (Å²) in [7, 11) is 0. The Balaban J connectivity index is 1.31. The Kier molecular flexibility index (Phi) is 4.83. The molecule has 1 aromatic carbocycles. The highest BCUT2D eigenvalue weighted by Crippen LogP contribution is 2.46. The van der Waals surface area contributed by atoms with Gasteiger partial charge in [0.25, 0.3) is 0 Å². The van der Waals surface area contributed by atoms with E-state index in [1.54, 1.807) is 18.3 Å². The van der Waals surface area contributed by atoms with Crippen LogP contribution in [-0.4, -0.2) is 39.0 Å². The molecule has 5 rings (SSSR count). The fourth-order valence-corrected chi connectivity index (χ4v) is 4.02. The molecule has 2 aromatic heterocycles. The smallest absolute Gasteiger partial charge is 0.249 e. The Morgan fingerprint density at radius 3 is 2.77 bits per heavy atom. The zero-order chi connectivity index (χ0) is 20.7. The predicted molar refractivity (Wildman–Crippen MR) is 113 cm³/mol. The third-order valence-corrected chi connectivity index (χ3v) is 6.12. The van der Waals surface area contributed by atoms with E-state index < -0.39 is 0 Å². The maximum atomic E-state index is 5.94. The van der Waals surface area contributed by atoms with Crippen LogP contribution in [0.25, 0.3) is 11.4 Å². The van der Waals surface area contributed by atoms with Crippen molar-refractivity contribution in [3.8, 4) is 11.4 Å². The molecule has 3 heterocycles. The number of nitrogens with one attached hydrogen (secondary N) is 1. The molecule has 8 nitrogen and oxygen atoms in total. The average Bonchev–Trinajstić information content (AvgIpc) is 3.36. The van der Waals surface area contributed by atoms with Crippen molar-refractivity contribution in [1.82, 2.24) is 20.1 Å². The third kappa shape index (κ3) is 3.61. The van der Waals surface area contributed by atoms with E-state index in [2.05, 4.69) is 32.3 Å². The Morgan fingerprint density at radius 2 is 2.00 bits per heavy atom. The number of hydrogen-bond donors (Lipinski definition) is 1. The van der Waals surface area contributed by atoms with Crippen LogP contribution in [0.15, 0.2) is 41.1 Å². The van der Waals surface area contributed by atoms with E-state index in [4.69, 9.17) is 25.8 Å². The second kappa shape index (κ2) is 7.52. The van der Waals surface area contributed by atoms with Gasteiger partial charge in [-0.2, -0.15) is 9.97 Å². The third-order valence-electron chi connectivity index (χ3n) is 5.87. The van der Waals surface area contributed by atoms with Crippen LogP contribution in [0.5, 0.6) is 0 Å². The molecule has 2 aliphatic rings. The number of anilines is 2. The normalized spacial score (nSPS) is 22.3. The average molecular weight is 427 g/mol. The number of hydrogen-bond acceptors (Lipinski definition) is 8. The van der Waals surface area contributed by atoms with Gasteiger partial charge in [0.05, 0.1) is 12.1 Å². The van der Waals surface area contributed by atoms with Crippen molar-refractivity contribution < 1.29 is 9.26 Å². The lowest BCUT2D eigenvalue weighted by molar-refractivity contribution is 0.175. The molecular weight excluding hydrogens is 404 g/mol. The molecule has 1 aliphatic heterocycles. The largest absolute Gasteiger partial charge is 0.359 e. The molecule has 9 heteroatoms. The van der Waals surface area contributed by atoms with Crippen LogP contribution >= 0.6 is 11.6 Å². The molecule has 0 amide bonds.